The molecule has 1 fully saturated rings. The predicted octanol–water partition coefficient (Wildman–Crippen LogP) is 3.86. The monoisotopic (exact) mass is 349 g/mol. The molecule has 1 saturated heterocycles. The standard InChI is InChI=1S/C18H23NO4S/c1-22-16-8-11-24-17(16)18(21)19-9-4-2-3-6-13(19)12-14(20)15-7-5-10-23-15/h5,7-8,10-11,13-14,20H,2-4,6,9,12H2,1H3/t13-,14-/m1/s1. The minimum atomic E-state index is -0.691. The summed E-state index contributed by atoms with van der Waals surface area (Å²) in [7, 11) is 1.58. The van der Waals surface area contributed by atoms with Crippen LogP contribution in [0.15, 0.2) is 34.3 Å². The maximum Gasteiger partial charge on any atom is 0.267 e. The molecule has 0 unspecified atom stereocenters. The van der Waals surface area contributed by atoms with Gasteiger partial charge in [-0.05, 0) is 36.4 Å². The van der Waals surface area contributed by atoms with E-state index in [1.165, 1.54) is 11.3 Å². The van der Waals surface area contributed by atoms with E-state index in [9.17, 15) is 9.90 Å². The van der Waals surface area contributed by atoms with E-state index >= 15 is 0 Å². The van der Waals surface area contributed by atoms with Crippen molar-refractivity contribution in [1.82, 2.24) is 4.90 Å². The lowest BCUT2D eigenvalue weighted by Crippen LogP contribution is -2.40. The van der Waals surface area contributed by atoms with Crippen molar-refractivity contribution >= 4 is 17.2 Å². The normalized spacial score (nSPS) is 19.8. The maximum absolute atomic E-state index is 13.0. The Kier molecular flexibility index (Phi) is 5.58. The first-order valence-corrected chi connectivity index (χ1v) is 9.22. The van der Waals surface area contributed by atoms with Gasteiger partial charge in [0.1, 0.15) is 22.5 Å². The van der Waals surface area contributed by atoms with Crippen LogP contribution in [0.25, 0.3) is 0 Å². The van der Waals surface area contributed by atoms with Gasteiger partial charge in [0.25, 0.3) is 5.91 Å². The lowest BCUT2D eigenvalue weighted by atomic mass is 10.0. The van der Waals surface area contributed by atoms with Gasteiger partial charge in [0.2, 0.25) is 0 Å². The number of ether oxygens (including phenoxy) is 1. The molecular formula is C18H23NO4S. The zero-order valence-corrected chi connectivity index (χ0v) is 14.6. The van der Waals surface area contributed by atoms with Gasteiger partial charge in [-0.25, -0.2) is 0 Å². The quantitative estimate of drug-likeness (QED) is 0.890. The Bertz CT molecular complexity index is 652. The largest absolute Gasteiger partial charge is 0.495 e. The maximum atomic E-state index is 13.0. The highest BCUT2D eigenvalue weighted by atomic mass is 32.1. The third kappa shape index (κ3) is 3.65. The van der Waals surface area contributed by atoms with Crippen LogP contribution in [0.1, 0.15) is 53.6 Å². The summed E-state index contributed by atoms with van der Waals surface area (Å²) >= 11 is 1.40. The number of likely N-dealkylation sites (tertiary alicyclic amines) is 1. The van der Waals surface area contributed by atoms with Crippen molar-refractivity contribution in [3.05, 3.63) is 40.5 Å². The fourth-order valence-electron chi connectivity index (χ4n) is 3.29. The van der Waals surface area contributed by atoms with Crippen LogP contribution in [0.5, 0.6) is 5.75 Å². The summed E-state index contributed by atoms with van der Waals surface area (Å²) in [5.41, 5.74) is 0. The van der Waals surface area contributed by atoms with Gasteiger partial charge in [-0.1, -0.05) is 12.8 Å². The second-order valence-corrected chi connectivity index (χ2v) is 7.00. The number of aliphatic hydroxyl groups is 1. The Morgan fingerprint density at radius 3 is 3.08 bits per heavy atom. The fraction of sp³-hybridized carbons (Fsp3) is 0.500. The van der Waals surface area contributed by atoms with Crippen LogP contribution in [0.3, 0.4) is 0 Å². The Hall–Kier alpha value is -1.79. The number of carbonyl (C=O) groups excluding carboxylic acids is 1. The average Bonchev–Trinajstić information content (AvgIpc) is 3.23. The summed E-state index contributed by atoms with van der Waals surface area (Å²) in [4.78, 5) is 15.6. The summed E-state index contributed by atoms with van der Waals surface area (Å²) in [5, 5.41) is 12.3. The molecule has 0 saturated carbocycles. The molecule has 3 heterocycles. The molecule has 0 spiro atoms. The van der Waals surface area contributed by atoms with E-state index in [1.807, 2.05) is 16.3 Å². The van der Waals surface area contributed by atoms with Crippen molar-refractivity contribution in [1.29, 1.82) is 0 Å². The van der Waals surface area contributed by atoms with Crippen LogP contribution in [-0.2, 0) is 0 Å². The molecule has 2 aromatic heterocycles. The second-order valence-electron chi connectivity index (χ2n) is 6.09. The molecular weight excluding hydrogens is 326 g/mol. The number of amides is 1. The van der Waals surface area contributed by atoms with Gasteiger partial charge in [-0.3, -0.25) is 4.79 Å². The van der Waals surface area contributed by atoms with Crippen LogP contribution < -0.4 is 4.74 Å². The highest BCUT2D eigenvalue weighted by Gasteiger charge is 2.31. The third-order valence-corrected chi connectivity index (χ3v) is 5.43. The summed E-state index contributed by atoms with van der Waals surface area (Å²) in [6.45, 7) is 0.718. The molecule has 6 heteroatoms. The fourth-order valence-corrected chi connectivity index (χ4v) is 4.10. The molecule has 0 bridgehead atoms. The summed E-state index contributed by atoms with van der Waals surface area (Å²) in [5.74, 6) is 1.18. The molecule has 1 aliphatic heterocycles. The highest BCUT2D eigenvalue weighted by molar-refractivity contribution is 7.12. The Labute approximate surface area is 145 Å². The highest BCUT2D eigenvalue weighted by Crippen LogP contribution is 2.31. The van der Waals surface area contributed by atoms with Gasteiger partial charge in [0.05, 0.1) is 13.4 Å². The van der Waals surface area contributed by atoms with E-state index in [0.29, 0.717) is 22.8 Å². The van der Waals surface area contributed by atoms with Crippen LogP contribution in [0.2, 0.25) is 0 Å². The minimum Gasteiger partial charge on any atom is -0.495 e. The van der Waals surface area contributed by atoms with Crippen molar-refractivity contribution in [3.8, 4) is 5.75 Å². The van der Waals surface area contributed by atoms with Gasteiger partial charge in [-0.15, -0.1) is 11.3 Å². The minimum absolute atomic E-state index is 0.000366. The number of hydrogen-bond acceptors (Lipinski definition) is 5. The molecule has 1 amide bonds. The van der Waals surface area contributed by atoms with Crippen molar-refractivity contribution in [2.75, 3.05) is 13.7 Å². The van der Waals surface area contributed by atoms with Crippen LogP contribution in [0.4, 0.5) is 0 Å². The lowest BCUT2D eigenvalue weighted by Gasteiger charge is -2.31. The number of methoxy groups -OCH3 is 1. The van der Waals surface area contributed by atoms with E-state index < -0.39 is 6.10 Å². The number of furan rings is 1. The van der Waals surface area contributed by atoms with Crippen molar-refractivity contribution in [2.24, 2.45) is 0 Å². The predicted molar refractivity (Wildman–Crippen MR) is 92.4 cm³/mol. The third-order valence-electron chi connectivity index (χ3n) is 4.55. The summed E-state index contributed by atoms with van der Waals surface area (Å²) in [6, 6.07) is 5.37. The average molecular weight is 349 g/mol. The number of thiophene rings is 1. The second kappa shape index (κ2) is 7.85. The van der Waals surface area contributed by atoms with Crippen molar-refractivity contribution in [3.63, 3.8) is 0 Å². The molecule has 2 aromatic rings. The number of hydrogen-bond donors (Lipinski definition) is 1. The molecule has 1 aliphatic rings. The Balaban J connectivity index is 1.78. The first-order chi connectivity index (χ1) is 11.7. The number of nitrogens with zero attached hydrogens (tertiary/aromatic N) is 1. The van der Waals surface area contributed by atoms with Crippen LogP contribution >= 0.6 is 11.3 Å². The smallest absolute Gasteiger partial charge is 0.267 e. The zero-order valence-electron chi connectivity index (χ0n) is 13.8. The van der Waals surface area contributed by atoms with E-state index in [4.69, 9.17) is 9.15 Å². The van der Waals surface area contributed by atoms with E-state index in [-0.39, 0.29) is 11.9 Å². The zero-order chi connectivity index (χ0) is 16.9. The van der Waals surface area contributed by atoms with E-state index in [0.717, 1.165) is 32.2 Å². The first-order valence-electron chi connectivity index (χ1n) is 8.34. The molecule has 0 aliphatic carbocycles. The Morgan fingerprint density at radius 2 is 2.33 bits per heavy atom. The first kappa shape index (κ1) is 17.0. The number of aliphatic hydroxyl groups excluding tert-OH is 1. The summed E-state index contributed by atoms with van der Waals surface area (Å²) in [6.07, 6.45) is 5.44. The lowest BCUT2D eigenvalue weighted by molar-refractivity contribution is 0.0559. The topological polar surface area (TPSA) is 62.9 Å². The molecule has 0 radical (unpaired) electrons. The SMILES string of the molecule is COc1ccsc1C(=O)N1CCCCC[C@@H]1C[C@@H](O)c1ccco1. The summed E-state index contributed by atoms with van der Waals surface area (Å²) < 4.78 is 10.6. The van der Waals surface area contributed by atoms with E-state index in [2.05, 4.69) is 0 Å². The number of carbonyl (C=O) groups is 1. The number of rotatable bonds is 5. The molecule has 130 valence electrons. The molecule has 1 N–H and O–H groups in total. The molecule has 3 rings (SSSR count). The van der Waals surface area contributed by atoms with Gasteiger partial charge in [-0.2, -0.15) is 0 Å². The molecule has 0 aromatic carbocycles. The van der Waals surface area contributed by atoms with Gasteiger partial charge in [0.15, 0.2) is 0 Å². The Morgan fingerprint density at radius 1 is 1.46 bits per heavy atom. The van der Waals surface area contributed by atoms with E-state index in [1.54, 1.807) is 25.5 Å². The van der Waals surface area contributed by atoms with Crippen molar-refractivity contribution in [2.45, 2.75) is 44.2 Å². The van der Waals surface area contributed by atoms with Gasteiger partial charge in [0, 0.05) is 19.0 Å². The van der Waals surface area contributed by atoms with Crippen LogP contribution in [0, 0.1) is 0 Å². The molecule has 24 heavy (non-hydrogen) atoms. The molecule has 5 nitrogen and oxygen atoms in total. The molecule has 2 atom stereocenters. The van der Waals surface area contributed by atoms with Crippen molar-refractivity contribution < 1.29 is 19.1 Å². The van der Waals surface area contributed by atoms with Gasteiger partial charge < -0.3 is 19.2 Å². The van der Waals surface area contributed by atoms with Gasteiger partial charge >= 0.3 is 0 Å². The van der Waals surface area contributed by atoms with Crippen LogP contribution in [-0.4, -0.2) is 35.6 Å².